The molecule has 0 saturated heterocycles. The number of nitrogens with zero attached hydrogens (tertiary/aromatic N) is 1. The minimum atomic E-state index is -0.607. The molecule has 1 N–H and O–H groups in total. The Morgan fingerprint density at radius 3 is 2.41 bits per heavy atom. The number of nitrogens with one attached hydrogen (secondary N) is 1. The smallest absolute Gasteiger partial charge is 0.266 e. The van der Waals surface area contributed by atoms with Crippen LogP contribution in [0.15, 0.2) is 60.2 Å². The molecule has 9 heteroatoms. The molecule has 0 atom stereocenters. The van der Waals surface area contributed by atoms with Gasteiger partial charge in [0.15, 0.2) is 11.5 Å². The predicted octanol–water partition coefficient (Wildman–Crippen LogP) is 7.82. The van der Waals surface area contributed by atoms with Crippen molar-refractivity contribution in [3.8, 4) is 17.6 Å². The molecule has 3 aromatic rings. The molecule has 3 aromatic carbocycles. The van der Waals surface area contributed by atoms with Gasteiger partial charge in [0.25, 0.3) is 5.91 Å². The van der Waals surface area contributed by atoms with E-state index in [-0.39, 0.29) is 17.2 Å². The topological polar surface area (TPSA) is 71.3 Å². The van der Waals surface area contributed by atoms with Gasteiger partial charge in [0.2, 0.25) is 0 Å². The lowest BCUT2D eigenvalue weighted by Gasteiger charge is -2.15. The molecule has 0 spiro atoms. The van der Waals surface area contributed by atoms with Crippen molar-refractivity contribution in [2.24, 2.45) is 0 Å². The number of ether oxygens (including phenoxy) is 2. The van der Waals surface area contributed by atoms with E-state index >= 15 is 0 Å². The van der Waals surface area contributed by atoms with Gasteiger partial charge in [0.05, 0.1) is 32.4 Å². The lowest BCUT2D eigenvalue weighted by molar-refractivity contribution is -0.112. The van der Waals surface area contributed by atoms with Gasteiger partial charge in [0.1, 0.15) is 18.2 Å². The predicted molar refractivity (Wildman–Crippen MR) is 137 cm³/mol. The van der Waals surface area contributed by atoms with Crippen molar-refractivity contribution < 1.29 is 14.3 Å². The van der Waals surface area contributed by atoms with Crippen LogP contribution >= 0.6 is 46.4 Å². The summed E-state index contributed by atoms with van der Waals surface area (Å²) in [7, 11) is 0. The fraction of sp³-hybridized carbons (Fsp3) is 0.120. The van der Waals surface area contributed by atoms with Gasteiger partial charge in [-0.1, -0.05) is 64.6 Å². The van der Waals surface area contributed by atoms with Crippen molar-refractivity contribution in [3.63, 3.8) is 0 Å². The SMILES string of the molecule is CCOc1cc(/C=C(\C#N)C(=O)Nc2ccccc2Cl)cc(Cl)c1OCc1ccc(Cl)c(Cl)c1. The zero-order chi connectivity index (χ0) is 24.7. The van der Waals surface area contributed by atoms with E-state index in [4.69, 9.17) is 55.9 Å². The molecular weight excluding hydrogens is 518 g/mol. The molecule has 0 aliphatic carbocycles. The highest BCUT2D eigenvalue weighted by Crippen LogP contribution is 2.38. The molecule has 0 bridgehead atoms. The summed E-state index contributed by atoms with van der Waals surface area (Å²) < 4.78 is 11.6. The quantitative estimate of drug-likeness (QED) is 0.235. The monoisotopic (exact) mass is 534 g/mol. The summed E-state index contributed by atoms with van der Waals surface area (Å²) in [5.74, 6) is 0.0838. The molecule has 0 aliphatic rings. The lowest BCUT2D eigenvalue weighted by Crippen LogP contribution is -2.13. The van der Waals surface area contributed by atoms with Crippen molar-refractivity contribution in [2.45, 2.75) is 13.5 Å². The van der Waals surface area contributed by atoms with Gasteiger partial charge in [-0.05, 0) is 60.5 Å². The Hall–Kier alpha value is -2.88. The maximum atomic E-state index is 12.6. The average Bonchev–Trinajstić information content (AvgIpc) is 2.80. The normalized spacial score (nSPS) is 11.0. The van der Waals surface area contributed by atoms with Gasteiger partial charge in [-0.3, -0.25) is 4.79 Å². The summed E-state index contributed by atoms with van der Waals surface area (Å²) >= 11 is 24.6. The minimum Gasteiger partial charge on any atom is -0.490 e. The molecule has 0 saturated carbocycles. The number of para-hydroxylation sites is 1. The Morgan fingerprint density at radius 2 is 1.74 bits per heavy atom. The number of carbonyl (C=O) groups is 1. The molecule has 0 aromatic heterocycles. The lowest BCUT2D eigenvalue weighted by atomic mass is 10.1. The Morgan fingerprint density at radius 1 is 0.971 bits per heavy atom. The molecule has 5 nitrogen and oxygen atoms in total. The first kappa shape index (κ1) is 25.7. The van der Waals surface area contributed by atoms with E-state index in [1.165, 1.54) is 6.08 Å². The first-order chi connectivity index (χ1) is 16.3. The molecule has 174 valence electrons. The third-order valence-corrected chi connectivity index (χ3v) is 5.85. The number of rotatable bonds is 8. The summed E-state index contributed by atoms with van der Waals surface area (Å²) in [5, 5.41) is 13.6. The average molecular weight is 536 g/mol. The second-order valence-corrected chi connectivity index (χ2v) is 8.53. The van der Waals surface area contributed by atoms with Crippen LogP contribution in [0.5, 0.6) is 11.5 Å². The van der Waals surface area contributed by atoms with Crippen LogP contribution < -0.4 is 14.8 Å². The first-order valence-corrected chi connectivity index (χ1v) is 11.5. The van der Waals surface area contributed by atoms with Gasteiger partial charge in [-0.25, -0.2) is 0 Å². The van der Waals surface area contributed by atoms with Gasteiger partial charge < -0.3 is 14.8 Å². The number of benzene rings is 3. The van der Waals surface area contributed by atoms with E-state index in [0.717, 1.165) is 5.56 Å². The highest BCUT2D eigenvalue weighted by atomic mass is 35.5. The van der Waals surface area contributed by atoms with Gasteiger partial charge >= 0.3 is 0 Å². The summed E-state index contributed by atoms with van der Waals surface area (Å²) in [4.78, 5) is 12.6. The van der Waals surface area contributed by atoms with Gasteiger partial charge in [0, 0.05) is 0 Å². The molecule has 1 amide bonds. The van der Waals surface area contributed by atoms with Crippen LogP contribution in [0.2, 0.25) is 20.1 Å². The fourth-order valence-electron chi connectivity index (χ4n) is 2.93. The second kappa shape index (κ2) is 12.0. The Kier molecular flexibility index (Phi) is 9.09. The van der Waals surface area contributed by atoms with Crippen LogP contribution in [0.25, 0.3) is 6.08 Å². The molecule has 3 rings (SSSR count). The number of carbonyl (C=O) groups excluding carboxylic acids is 1. The summed E-state index contributed by atoms with van der Waals surface area (Å²) in [6, 6.07) is 17.0. The Labute approximate surface area is 217 Å². The standard InChI is InChI=1S/C25H18Cl4N2O3/c1-2-33-23-12-16(9-17(13-30)25(32)31-22-6-4-3-5-19(22)27)11-21(29)24(23)34-14-15-7-8-18(26)20(28)10-15/h3-12H,2,14H2,1H3,(H,31,32)/b17-9+. The van der Waals surface area contributed by atoms with Crippen LogP contribution in [0.3, 0.4) is 0 Å². The van der Waals surface area contributed by atoms with E-state index in [9.17, 15) is 10.1 Å². The third kappa shape index (κ3) is 6.59. The van der Waals surface area contributed by atoms with Crippen molar-refractivity contribution >= 4 is 64.1 Å². The number of amides is 1. The van der Waals surface area contributed by atoms with Crippen LogP contribution in [0.4, 0.5) is 5.69 Å². The fourth-order valence-corrected chi connectivity index (χ4v) is 3.70. The van der Waals surface area contributed by atoms with Crippen LogP contribution in [-0.4, -0.2) is 12.5 Å². The summed E-state index contributed by atoms with van der Waals surface area (Å²) in [5.41, 5.74) is 1.54. The molecule has 34 heavy (non-hydrogen) atoms. The maximum absolute atomic E-state index is 12.6. The van der Waals surface area contributed by atoms with Crippen molar-refractivity contribution in [2.75, 3.05) is 11.9 Å². The minimum absolute atomic E-state index is 0.136. The van der Waals surface area contributed by atoms with E-state index in [1.807, 2.05) is 13.0 Å². The van der Waals surface area contributed by atoms with Crippen molar-refractivity contribution in [1.29, 1.82) is 5.26 Å². The first-order valence-electron chi connectivity index (χ1n) is 10.0. The third-order valence-electron chi connectivity index (χ3n) is 4.50. The number of anilines is 1. The van der Waals surface area contributed by atoms with E-state index in [2.05, 4.69) is 5.32 Å². The van der Waals surface area contributed by atoms with Crippen LogP contribution in [-0.2, 0) is 11.4 Å². The van der Waals surface area contributed by atoms with Crippen LogP contribution in [0.1, 0.15) is 18.1 Å². The molecule has 0 unspecified atom stereocenters. The zero-order valence-electron chi connectivity index (χ0n) is 17.9. The van der Waals surface area contributed by atoms with E-state index < -0.39 is 5.91 Å². The second-order valence-electron chi connectivity index (χ2n) is 6.90. The van der Waals surface area contributed by atoms with Crippen molar-refractivity contribution in [3.05, 3.63) is 91.4 Å². The molecule has 0 fully saturated rings. The van der Waals surface area contributed by atoms with E-state index in [0.29, 0.717) is 44.4 Å². The van der Waals surface area contributed by atoms with Gasteiger partial charge in [-0.2, -0.15) is 5.26 Å². The maximum Gasteiger partial charge on any atom is 0.266 e. The summed E-state index contributed by atoms with van der Waals surface area (Å²) in [6.45, 7) is 2.34. The molecule has 0 heterocycles. The number of hydrogen-bond donors (Lipinski definition) is 1. The van der Waals surface area contributed by atoms with E-state index in [1.54, 1.807) is 54.6 Å². The molecular formula is C25H18Cl4N2O3. The number of nitriles is 1. The Bertz CT molecular complexity index is 1290. The number of hydrogen-bond acceptors (Lipinski definition) is 4. The van der Waals surface area contributed by atoms with Gasteiger partial charge in [-0.15, -0.1) is 0 Å². The summed E-state index contributed by atoms with van der Waals surface area (Å²) in [6.07, 6.45) is 1.41. The molecule has 0 aliphatic heterocycles. The van der Waals surface area contributed by atoms with Crippen LogP contribution in [0, 0.1) is 11.3 Å². The Balaban J connectivity index is 1.86. The zero-order valence-corrected chi connectivity index (χ0v) is 20.9. The highest BCUT2D eigenvalue weighted by Gasteiger charge is 2.16. The highest BCUT2D eigenvalue weighted by molar-refractivity contribution is 6.42. The molecule has 0 radical (unpaired) electrons. The number of halogens is 4. The largest absolute Gasteiger partial charge is 0.490 e. The van der Waals surface area contributed by atoms with Crippen molar-refractivity contribution in [1.82, 2.24) is 0 Å².